The first kappa shape index (κ1) is 10.9. The number of hydrogen-bond donors (Lipinski definition) is 0. The number of esters is 1. The first-order chi connectivity index (χ1) is 3.31. The van der Waals surface area contributed by atoms with Gasteiger partial charge in [-0.25, -0.2) is 0 Å². The van der Waals surface area contributed by atoms with Gasteiger partial charge in [0, 0.05) is 6.42 Å². The normalized spacial score (nSPS) is 7.25. The summed E-state index contributed by atoms with van der Waals surface area (Å²) in [6.07, 6.45) is 0.480. The summed E-state index contributed by atoms with van der Waals surface area (Å²) in [6, 6.07) is 0. The van der Waals surface area contributed by atoms with Crippen molar-refractivity contribution in [1.29, 1.82) is 0 Å². The summed E-state index contributed by atoms with van der Waals surface area (Å²) in [7, 11) is 0. The standard InChI is InChI=1S/C5H10O2.Li.H/c1-3-5(6)7-4-2;;/h3-4H2,1-2H3;;/q;+1;-1. The number of ether oxygens (including phenoxy) is 1. The monoisotopic (exact) mass is 110 g/mol. The van der Waals surface area contributed by atoms with E-state index in [2.05, 4.69) is 4.74 Å². The Bertz CT molecular complexity index is 68.0. The third-order valence-corrected chi connectivity index (χ3v) is 0.594. The van der Waals surface area contributed by atoms with Crippen LogP contribution in [0.5, 0.6) is 0 Å². The molecule has 0 unspecified atom stereocenters. The second kappa shape index (κ2) is 7.07. The molecule has 8 heavy (non-hydrogen) atoms. The molecule has 0 aromatic rings. The van der Waals surface area contributed by atoms with Crippen molar-refractivity contribution in [3.8, 4) is 0 Å². The topological polar surface area (TPSA) is 26.3 Å². The van der Waals surface area contributed by atoms with Crippen LogP contribution >= 0.6 is 0 Å². The molecule has 0 atom stereocenters. The number of carbonyl (C=O) groups is 1. The van der Waals surface area contributed by atoms with E-state index in [1.54, 1.807) is 13.8 Å². The zero-order chi connectivity index (χ0) is 5.70. The van der Waals surface area contributed by atoms with Gasteiger partial charge in [-0.2, -0.15) is 0 Å². The summed E-state index contributed by atoms with van der Waals surface area (Å²) in [5.41, 5.74) is 0. The summed E-state index contributed by atoms with van der Waals surface area (Å²) in [4.78, 5) is 10.2. The fourth-order valence-electron chi connectivity index (χ4n) is 0.263. The van der Waals surface area contributed by atoms with Gasteiger partial charge < -0.3 is 6.16 Å². The van der Waals surface area contributed by atoms with Crippen molar-refractivity contribution in [1.82, 2.24) is 0 Å². The molecule has 0 rings (SSSR count). The molecule has 0 aliphatic carbocycles. The van der Waals surface area contributed by atoms with E-state index in [4.69, 9.17) is 0 Å². The Kier molecular flexibility index (Phi) is 9.67. The van der Waals surface area contributed by atoms with Gasteiger partial charge in [0.25, 0.3) is 0 Å². The molecule has 0 heterocycles. The summed E-state index contributed by atoms with van der Waals surface area (Å²) in [6.45, 7) is 4.07. The van der Waals surface area contributed by atoms with Gasteiger partial charge in [0.1, 0.15) is 0 Å². The van der Waals surface area contributed by atoms with Gasteiger partial charge in [0.2, 0.25) is 0 Å². The Hall–Kier alpha value is 0.0674. The van der Waals surface area contributed by atoms with E-state index in [-0.39, 0.29) is 26.3 Å². The first-order valence-corrected chi connectivity index (χ1v) is 2.46. The molecule has 2 nitrogen and oxygen atoms in total. The smallest absolute Gasteiger partial charge is 1.00 e. The van der Waals surface area contributed by atoms with Gasteiger partial charge in [-0.3, -0.25) is 4.79 Å². The van der Waals surface area contributed by atoms with Crippen molar-refractivity contribution in [2.24, 2.45) is 0 Å². The molecular weight excluding hydrogens is 99.0 g/mol. The van der Waals surface area contributed by atoms with Crippen molar-refractivity contribution >= 4 is 5.97 Å². The van der Waals surface area contributed by atoms with Crippen LogP contribution < -0.4 is 18.9 Å². The largest absolute Gasteiger partial charge is 1.00 e. The zero-order valence-electron chi connectivity index (χ0n) is 6.73. The van der Waals surface area contributed by atoms with Gasteiger partial charge in [0.05, 0.1) is 6.61 Å². The molecule has 3 heteroatoms. The van der Waals surface area contributed by atoms with Gasteiger partial charge in [-0.1, -0.05) is 6.92 Å². The van der Waals surface area contributed by atoms with E-state index >= 15 is 0 Å². The maximum absolute atomic E-state index is 10.2. The van der Waals surface area contributed by atoms with E-state index in [1.807, 2.05) is 0 Å². The predicted molar refractivity (Wildman–Crippen MR) is 28.0 cm³/mol. The van der Waals surface area contributed by atoms with E-state index in [1.165, 1.54) is 0 Å². The third-order valence-electron chi connectivity index (χ3n) is 0.594. The summed E-state index contributed by atoms with van der Waals surface area (Å²) < 4.78 is 4.55. The minimum Gasteiger partial charge on any atom is -1.00 e. The Morgan fingerprint density at radius 1 is 1.62 bits per heavy atom. The van der Waals surface area contributed by atoms with Crippen LogP contribution in [0.2, 0.25) is 0 Å². The fraction of sp³-hybridized carbons (Fsp3) is 0.800. The van der Waals surface area contributed by atoms with Crippen molar-refractivity contribution < 1.29 is 29.8 Å². The molecule has 0 saturated carbocycles. The maximum atomic E-state index is 10.2. The minimum absolute atomic E-state index is 0. The predicted octanol–water partition coefficient (Wildman–Crippen LogP) is -1.92. The van der Waals surface area contributed by atoms with Crippen molar-refractivity contribution in [2.45, 2.75) is 20.3 Å². The van der Waals surface area contributed by atoms with Crippen LogP contribution in [-0.4, -0.2) is 12.6 Å². The van der Waals surface area contributed by atoms with Crippen LogP contribution in [0.15, 0.2) is 0 Å². The van der Waals surface area contributed by atoms with Gasteiger partial charge >= 0.3 is 24.8 Å². The first-order valence-electron chi connectivity index (χ1n) is 2.46. The Labute approximate surface area is 63.3 Å². The summed E-state index contributed by atoms with van der Waals surface area (Å²) in [5.74, 6) is -0.123. The van der Waals surface area contributed by atoms with Crippen molar-refractivity contribution in [2.75, 3.05) is 6.61 Å². The average Bonchev–Trinajstić information content (AvgIpc) is 1.68. The minimum atomic E-state index is -0.123. The molecule has 0 aromatic carbocycles. The molecule has 0 amide bonds. The number of hydrogen-bond acceptors (Lipinski definition) is 2. The van der Waals surface area contributed by atoms with Crippen molar-refractivity contribution in [3.05, 3.63) is 0 Å². The quantitative estimate of drug-likeness (QED) is 0.306. The molecule has 0 fully saturated rings. The Morgan fingerprint density at radius 2 is 2.12 bits per heavy atom. The van der Waals surface area contributed by atoms with Crippen LogP contribution in [0.4, 0.5) is 0 Å². The maximum Gasteiger partial charge on any atom is 1.00 e. The second-order valence-corrected chi connectivity index (χ2v) is 1.16. The van der Waals surface area contributed by atoms with Gasteiger partial charge in [-0.15, -0.1) is 0 Å². The molecule has 0 aliphatic heterocycles. The molecule has 0 radical (unpaired) electrons. The molecular formula is C5H11LiO2. The van der Waals surface area contributed by atoms with E-state index in [0.29, 0.717) is 13.0 Å². The number of carbonyl (C=O) groups excluding carboxylic acids is 1. The van der Waals surface area contributed by atoms with Gasteiger partial charge in [-0.05, 0) is 6.92 Å². The zero-order valence-corrected chi connectivity index (χ0v) is 5.73. The van der Waals surface area contributed by atoms with E-state index < -0.39 is 0 Å². The fourth-order valence-corrected chi connectivity index (χ4v) is 0.263. The second-order valence-electron chi connectivity index (χ2n) is 1.16. The SMILES string of the molecule is CCOC(=O)CC.[H-].[Li+]. The van der Waals surface area contributed by atoms with Crippen LogP contribution in [0.3, 0.4) is 0 Å². The van der Waals surface area contributed by atoms with Crippen LogP contribution in [-0.2, 0) is 9.53 Å². The summed E-state index contributed by atoms with van der Waals surface area (Å²) in [5, 5.41) is 0. The molecule has 44 valence electrons. The molecule has 0 bridgehead atoms. The Balaban J connectivity index is -0.000000180. The average molecular weight is 110 g/mol. The Morgan fingerprint density at radius 3 is 2.25 bits per heavy atom. The molecule has 0 aliphatic rings. The van der Waals surface area contributed by atoms with Gasteiger partial charge in [0.15, 0.2) is 0 Å². The van der Waals surface area contributed by atoms with Crippen LogP contribution in [0.1, 0.15) is 21.7 Å². The summed E-state index contributed by atoms with van der Waals surface area (Å²) >= 11 is 0. The van der Waals surface area contributed by atoms with Crippen LogP contribution in [0.25, 0.3) is 0 Å². The molecule has 0 N–H and O–H groups in total. The molecule has 0 saturated heterocycles. The molecule has 0 spiro atoms. The van der Waals surface area contributed by atoms with Crippen LogP contribution in [0, 0.1) is 0 Å². The molecule has 0 aromatic heterocycles. The number of rotatable bonds is 2. The van der Waals surface area contributed by atoms with E-state index in [9.17, 15) is 4.79 Å². The van der Waals surface area contributed by atoms with Crippen molar-refractivity contribution in [3.63, 3.8) is 0 Å². The van der Waals surface area contributed by atoms with E-state index in [0.717, 1.165) is 0 Å². The third kappa shape index (κ3) is 6.07.